The third-order valence-electron chi connectivity index (χ3n) is 3.40. The summed E-state index contributed by atoms with van der Waals surface area (Å²) in [6.45, 7) is 0.281. The number of tetrazole rings is 1. The lowest BCUT2D eigenvalue weighted by Crippen LogP contribution is -2.30. The zero-order valence-electron chi connectivity index (χ0n) is 13.0. The van der Waals surface area contributed by atoms with E-state index in [0.717, 1.165) is 5.56 Å². The number of nitrogens with one attached hydrogen (secondary N) is 2. The van der Waals surface area contributed by atoms with Crippen LogP contribution in [0.3, 0.4) is 0 Å². The standard InChI is InChI=1S/C16H14F2N6O/c17-12-3-1-2-11(8-12)6-7-19-16(25)21-15-9-13(4-5-14(15)18)24-10-20-22-23-24/h1-5,8-10H,6-7H2,(H2,19,21,25). The quantitative estimate of drug-likeness (QED) is 0.744. The predicted octanol–water partition coefficient (Wildman–Crippen LogP) is 2.30. The molecule has 0 spiro atoms. The topological polar surface area (TPSA) is 84.7 Å². The number of rotatable bonds is 5. The van der Waals surface area contributed by atoms with Crippen LogP contribution >= 0.6 is 0 Å². The molecule has 0 aliphatic heterocycles. The van der Waals surface area contributed by atoms with Gasteiger partial charge in [0.2, 0.25) is 0 Å². The molecule has 1 heterocycles. The Labute approximate surface area is 141 Å². The van der Waals surface area contributed by atoms with Crippen molar-refractivity contribution >= 4 is 11.7 Å². The van der Waals surface area contributed by atoms with Crippen molar-refractivity contribution in [3.05, 3.63) is 66.0 Å². The highest BCUT2D eigenvalue weighted by atomic mass is 19.1. The second-order valence-corrected chi connectivity index (χ2v) is 5.18. The first-order valence-corrected chi connectivity index (χ1v) is 7.44. The van der Waals surface area contributed by atoms with E-state index < -0.39 is 11.8 Å². The number of hydrogen-bond acceptors (Lipinski definition) is 4. The van der Waals surface area contributed by atoms with Gasteiger partial charge >= 0.3 is 6.03 Å². The molecule has 0 saturated carbocycles. The number of carbonyl (C=O) groups is 1. The van der Waals surface area contributed by atoms with E-state index in [9.17, 15) is 13.6 Å². The van der Waals surface area contributed by atoms with Crippen LogP contribution in [-0.2, 0) is 6.42 Å². The van der Waals surface area contributed by atoms with Crippen LogP contribution in [0, 0.1) is 11.6 Å². The van der Waals surface area contributed by atoms with Gasteiger partial charge in [0.1, 0.15) is 18.0 Å². The molecule has 0 aliphatic rings. The Morgan fingerprint density at radius 3 is 2.80 bits per heavy atom. The van der Waals surface area contributed by atoms with Crippen LogP contribution in [0.25, 0.3) is 5.69 Å². The highest BCUT2D eigenvalue weighted by Crippen LogP contribution is 2.18. The summed E-state index contributed by atoms with van der Waals surface area (Å²) >= 11 is 0. The van der Waals surface area contributed by atoms with Crippen molar-refractivity contribution in [2.75, 3.05) is 11.9 Å². The number of urea groups is 1. The molecule has 9 heteroatoms. The Kier molecular flexibility index (Phi) is 4.93. The Morgan fingerprint density at radius 2 is 2.04 bits per heavy atom. The van der Waals surface area contributed by atoms with E-state index in [2.05, 4.69) is 26.2 Å². The molecule has 2 amide bonds. The van der Waals surface area contributed by atoms with Crippen molar-refractivity contribution in [1.29, 1.82) is 0 Å². The van der Waals surface area contributed by atoms with Gasteiger partial charge in [0.05, 0.1) is 11.4 Å². The van der Waals surface area contributed by atoms with Crippen LogP contribution in [0.5, 0.6) is 0 Å². The maximum absolute atomic E-state index is 13.9. The fraction of sp³-hybridized carbons (Fsp3) is 0.125. The lowest BCUT2D eigenvalue weighted by molar-refractivity contribution is 0.252. The highest BCUT2D eigenvalue weighted by Gasteiger charge is 2.09. The lowest BCUT2D eigenvalue weighted by atomic mass is 10.1. The van der Waals surface area contributed by atoms with Crippen LogP contribution in [0.4, 0.5) is 19.3 Å². The van der Waals surface area contributed by atoms with Crippen LogP contribution in [0.2, 0.25) is 0 Å². The number of hydrogen-bond donors (Lipinski definition) is 2. The maximum atomic E-state index is 13.9. The smallest absolute Gasteiger partial charge is 0.319 e. The van der Waals surface area contributed by atoms with E-state index in [1.165, 1.54) is 41.3 Å². The minimum Gasteiger partial charge on any atom is -0.338 e. The summed E-state index contributed by atoms with van der Waals surface area (Å²) in [7, 11) is 0. The number of carbonyl (C=O) groups excluding carboxylic acids is 1. The van der Waals surface area contributed by atoms with E-state index in [4.69, 9.17) is 0 Å². The molecule has 0 saturated heterocycles. The van der Waals surface area contributed by atoms with E-state index in [-0.39, 0.29) is 18.0 Å². The Bertz CT molecular complexity index is 869. The number of aromatic nitrogens is 4. The number of amides is 2. The van der Waals surface area contributed by atoms with Crippen molar-refractivity contribution in [2.24, 2.45) is 0 Å². The monoisotopic (exact) mass is 344 g/mol. The zero-order chi connectivity index (χ0) is 17.6. The predicted molar refractivity (Wildman–Crippen MR) is 86.2 cm³/mol. The molecule has 0 aliphatic carbocycles. The summed E-state index contributed by atoms with van der Waals surface area (Å²) in [5.41, 5.74) is 1.25. The van der Waals surface area contributed by atoms with E-state index in [0.29, 0.717) is 12.1 Å². The molecule has 25 heavy (non-hydrogen) atoms. The number of benzene rings is 2. The number of halogens is 2. The Balaban J connectivity index is 1.58. The highest BCUT2D eigenvalue weighted by molar-refractivity contribution is 5.89. The van der Waals surface area contributed by atoms with Crippen molar-refractivity contribution in [1.82, 2.24) is 25.5 Å². The average Bonchev–Trinajstić information content (AvgIpc) is 3.11. The summed E-state index contributed by atoms with van der Waals surface area (Å²) in [6, 6.07) is 9.65. The summed E-state index contributed by atoms with van der Waals surface area (Å²) in [4.78, 5) is 11.9. The van der Waals surface area contributed by atoms with Gasteiger partial charge in [-0.1, -0.05) is 12.1 Å². The van der Waals surface area contributed by atoms with Crippen LogP contribution < -0.4 is 10.6 Å². The molecular formula is C16H14F2N6O. The Hall–Kier alpha value is -3.36. The molecule has 128 valence electrons. The first-order chi connectivity index (χ1) is 12.1. The van der Waals surface area contributed by atoms with Crippen molar-refractivity contribution < 1.29 is 13.6 Å². The first kappa shape index (κ1) is 16.5. The van der Waals surface area contributed by atoms with Gasteiger partial charge in [0.15, 0.2) is 0 Å². The van der Waals surface area contributed by atoms with Gasteiger partial charge in [-0.25, -0.2) is 18.3 Å². The van der Waals surface area contributed by atoms with Gasteiger partial charge in [-0.2, -0.15) is 0 Å². The van der Waals surface area contributed by atoms with Gasteiger partial charge in [-0.05, 0) is 52.7 Å². The molecule has 1 aromatic heterocycles. The minimum atomic E-state index is -0.586. The first-order valence-electron chi connectivity index (χ1n) is 7.44. The van der Waals surface area contributed by atoms with Gasteiger partial charge < -0.3 is 10.6 Å². The lowest BCUT2D eigenvalue weighted by Gasteiger charge is -2.10. The molecule has 0 bridgehead atoms. The molecule has 3 aromatic rings. The van der Waals surface area contributed by atoms with E-state index in [1.54, 1.807) is 12.1 Å². The Morgan fingerprint density at radius 1 is 1.16 bits per heavy atom. The van der Waals surface area contributed by atoms with Crippen LogP contribution in [0.1, 0.15) is 5.56 Å². The molecule has 3 rings (SSSR count). The summed E-state index contributed by atoms with van der Waals surface area (Å²) < 4.78 is 28.3. The summed E-state index contributed by atoms with van der Waals surface area (Å²) in [6.07, 6.45) is 1.81. The van der Waals surface area contributed by atoms with Crippen molar-refractivity contribution in [2.45, 2.75) is 6.42 Å². The van der Waals surface area contributed by atoms with Gasteiger partial charge in [0.25, 0.3) is 0 Å². The molecule has 0 radical (unpaired) electrons. The molecule has 2 aromatic carbocycles. The van der Waals surface area contributed by atoms with Gasteiger partial charge in [-0.3, -0.25) is 0 Å². The fourth-order valence-electron chi connectivity index (χ4n) is 2.21. The molecule has 2 N–H and O–H groups in total. The number of nitrogens with zero attached hydrogens (tertiary/aromatic N) is 4. The molecule has 0 atom stereocenters. The molecular weight excluding hydrogens is 330 g/mol. The second-order valence-electron chi connectivity index (χ2n) is 5.18. The summed E-state index contributed by atoms with van der Waals surface area (Å²) in [5.74, 6) is -0.916. The minimum absolute atomic E-state index is 0.00347. The summed E-state index contributed by atoms with van der Waals surface area (Å²) in [5, 5.41) is 15.7. The van der Waals surface area contributed by atoms with E-state index in [1.807, 2.05) is 0 Å². The third kappa shape index (κ3) is 4.34. The SMILES string of the molecule is O=C(NCCc1cccc(F)c1)Nc1cc(-n2cnnn2)ccc1F. The maximum Gasteiger partial charge on any atom is 0.319 e. The molecule has 0 fully saturated rings. The molecule has 0 unspecified atom stereocenters. The molecule has 7 nitrogen and oxygen atoms in total. The van der Waals surface area contributed by atoms with Crippen LogP contribution in [-0.4, -0.2) is 32.8 Å². The van der Waals surface area contributed by atoms with Crippen molar-refractivity contribution in [3.8, 4) is 5.69 Å². The fourth-order valence-corrected chi connectivity index (χ4v) is 2.21. The normalized spacial score (nSPS) is 10.5. The third-order valence-corrected chi connectivity index (χ3v) is 3.40. The van der Waals surface area contributed by atoms with Crippen molar-refractivity contribution in [3.63, 3.8) is 0 Å². The van der Waals surface area contributed by atoms with Gasteiger partial charge in [-0.15, -0.1) is 5.10 Å². The second kappa shape index (κ2) is 7.47. The average molecular weight is 344 g/mol. The zero-order valence-corrected chi connectivity index (χ0v) is 13.0. The largest absolute Gasteiger partial charge is 0.338 e. The van der Waals surface area contributed by atoms with E-state index >= 15 is 0 Å². The number of anilines is 1. The van der Waals surface area contributed by atoms with Crippen LogP contribution in [0.15, 0.2) is 48.8 Å². The van der Waals surface area contributed by atoms with Gasteiger partial charge in [0, 0.05) is 6.54 Å².